The van der Waals surface area contributed by atoms with Crippen molar-refractivity contribution in [3.05, 3.63) is 0 Å². The van der Waals surface area contributed by atoms with Gasteiger partial charge in [0.05, 0.1) is 19.3 Å². The number of nitrogens with zero attached hydrogens (tertiary/aromatic N) is 1. The second-order valence-electron chi connectivity index (χ2n) is 4.26. The highest BCUT2D eigenvalue weighted by atomic mass is 16.5. The first-order valence-corrected chi connectivity index (χ1v) is 6.48. The molecule has 5 N–H and O–H groups in total. The van der Waals surface area contributed by atoms with E-state index in [4.69, 9.17) is 16.2 Å². The summed E-state index contributed by atoms with van der Waals surface area (Å²) >= 11 is 0. The van der Waals surface area contributed by atoms with Gasteiger partial charge in [-0.25, -0.2) is 0 Å². The Kier molecular flexibility index (Phi) is 11.1. The van der Waals surface area contributed by atoms with E-state index < -0.39 is 6.10 Å². The van der Waals surface area contributed by atoms with Crippen LogP contribution in [0.4, 0.5) is 0 Å². The highest BCUT2D eigenvalue weighted by Crippen LogP contribution is 2.04. The SMILES string of the molecule is CCCCCCCCOCC(O)CN=C(N)N. The summed E-state index contributed by atoms with van der Waals surface area (Å²) in [5.74, 6) is -0.0000239. The molecule has 0 aliphatic heterocycles. The average molecular weight is 245 g/mol. The van der Waals surface area contributed by atoms with Crippen molar-refractivity contribution in [2.75, 3.05) is 19.8 Å². The molecule has 1 atom stereocenters. The number of nitrogens with two attached hydrogens (primary N) is 2. The summed E-state index contributed by atoms with van der Waals surface area (Å²) in [6.45, 7) is 3.41. The molecule has 0 aliphatic rings. The molecule has 0 radical (unpaired) electrons. The van der Waals surface area contributed by atoms with E-state index in [1.807, 2.05) is 0 Å². The summed E-state index contributed by atoms with van der Waals surface area (Å²) in [7, 11) is 0. The van der Waals surface area contributed by atoms with Gasteiger partial charge in [-0.05, 0) is 6.42 Å². The van der Waals surface area contributed by atoms with Crippen LogP contribution in [-0.2, 0) is 4.74 Å². The second kappa shape index (κ2) is 11.7. The van der Waals surface area contributed by atoms with Gasteiger partial charge < -0.3 is 21.3 Å². The van der Waals surface area contributed by atoms with E-state index in [1.54, 1.807) is 0 Å². The summed E-state index contributed by atoms with van der Waals surface area (Å²) in [5, 5.41) is 9.43. The standard InChI is InChI=1S/C12H27N3O2/c1-2-3-4-5-6-7-8-17-10-11(16)9-15-12(13)14/h11,16H,2-10H2,1H3,(H4,13,14,15). The van der Waals surface area contributed by atoms with Gasteiger partial charge in [0.2, 0.25) is 0 Å². The summed E-state index contributed by atoms with van der Waals surface area (Å²) < 4.78 is 5.33. The number of aliphatic imine (C=N–C) groups is 1. The molecular weight excluding hydrogens is 218 g/mol. The Hall–Kier alpha value is -0.810. The smallest absolute Gasteiger partial charge is 0.185 e. The maximum Gasteiger partial charge on any atom is 0.185 e. The van der Waals surface area contributed by atoms with E-state index in [-0.39, 0.29) is 12.5 Å². The average Bonchev–Trinajstić information content (AvgIpc) is 2.30. The van der Waals surface area contributed by atoms with Crippen LogP contribution < -0.4 is 11.5 Å². The van der Waals surface area contributed by atoms with Gasteiger partial charge in [0.15, 0.2) is 5.96 Å². The zero-order chi connectivity index (χ0) is 12.9. The Labute approximate surface area is 104 Å². The molecule has 1 unspecified atom stereocenters. The molecule has 102 valence electrons. The zero-order valence-corrected chi connectivity index (χ0v) is 10.9. The van der Waals surface area contributed by atoms with E-state index in [2.05, 4.69) is 11.9 Å². The molecular formula is C12H27N3O2. The molecule has 0 rings (SSSR count). The lowest BCUT2D eigenvalue weighted by molar-refractivity contribution is 0.0399. The van der Waals surface area contributed by atoms with Crippen molar-refractivity contribution in [3.8, 4) is 0 Å². The minimum Gasteiger partial charge on any atom is -0.389 e. The van der Waals surface area contributed by atoms with Gasteiger partial charge in [0.25, 0.3) is 0 Å². The number of hydrogen-bond acceptors (Lipinski definition) is 3. The topological polar surface area (TPSA) is 93.9 Å². The lowest BCUT2D eigenvalue weighted by atomic mass is 10.1. The lowest BCUT2D eigenvalue weighted by Gasteiger charge is -2.08. The van der Waals surface area contributed by atoms with Crippen LogP contribution in [0.1, 0.15) is 45.4 Å². The van der Waals surface area contributed by atoms with Gasteiger partial charge in [0, 0.05) is 6.61 Å². The van der Waals surface area contributed by atoms with Crippen molar-refractivity contribution in [2.45, 2.75) is 51.6 Å². The summed E-state index contributed by atoms with van der Waals surface area (Å²) in [5.41, 5.74) is 10.3. The molecule has 0 fully saturated rings. The molecule has 0 aromatic carbocycles. The van der Waals surface area contributed by atoms with E-state index in [0.29, 0.717) is 13.2 Å². The number of ether oxygens (including phenoxy) is 1. The number of hydrogen-bond donors (Lipinski definition) is 3. The minimum atomic E-state index is -0.614. The molecule has 5 heteroatoms. The van der Waals surface area contributed by atoms with Crippen LogP contribution >= 0.6 is 0 Å². The molecule has 17 heavy (non-hydrogen) atoms. The molecule has 0 aromatic rings. The van der Waals surface area contributed by atoms with Crippen LogP contribution in [0, 0.1) is 0 Å². The predicted octanol–water partition coefficient (Wildman–Crippen LogP) is 0.998. The molecule has 0 aliphatic carbocycles. The van der Waals surface area contributed by atoms with Crippen molar-refractivity contribution < 1.29 is 9.84 Å². The Bertz CT molecular complexity index is 194. The third kappa shape index (κ3) is 13.1. The van der Waals surface area contributed by atoms with E-state index in [1.165, 1.54) is 32.1 Å². The molecule has 0 saturated carbocycles. The van der Waals surface area contributed by atoms with Crippen molar-refractivity contribution in [1.29, 1.82) is 0 Å². The lowest BCUT2D eigenvalue weighted by Crippen LogP contribution is -2.26. The summed E-state index contributed by atoms with van der Waals surface area (Å²) in [6, 6.07) is 0. The van der Waals surface area contributed by atoms with E-state index in [9.17, 15) is 5.11 Å². The Morgan fingerprint density at radius 3 is 2.47 bits per heavy atom. The number of aliphatic hydroxyl groups excluding tert-OH is 1. The second-order valence-corrected chi connectivity index (χ2v) is 4.26. The maximum absolute atomic E-state index is 9.43. The summed E-state index contributed by atoms with van der Waals surface area (Å²) in [4.78, 5) is 3.72. The van der Waals surface area contributed by atoms with Gasteiger partial charge in [-0.3, -0.25) is 4.99 Å². The van der Waals surface area contributed by atoms with Crippen LogP contribution in [0.25, 0.3) is 0 Å². The highest BCUT2D eigenvalue weighted by molar-refractivity contribution is 5.75. The Morgan fingerprint density at radius 1 is 1.18 bits per heavy atom. The first kappa shape index (κ1) is 16.2. The Morgan fingerprint density at radius 2 is 1.82 bits per heavy atom. The predicted molar refractivity (Wildman–Crippen MR) is 70.9 cm³/mol. The third-order valence-electron chi connectivity index (χ3n) is 2.44. The number of unbranched alkanes of at least 4 members (excludes halogenated alkanes) is 5. The normalized spacial score (nSPS) is 12.4. The van der Waals surface area contributed by atoms with Crippen molar-refractivity contribution in [1.82, 2.24) is 0 Å². The van der Waals surface area contributed by atoms with Crippen LogP contribution in [0.15, 0.2) is 4.99 Å². The number of rotatable bonds is 11. The molecule has 0 aromatic heterocycles. The van der Waals surface area contributed by atoms with Crippen molar-refractivity contribution in [2.24, 2.45) is 16.5 Å². The van der Waals surface area contributed by atoms with Crippen LogP contribution in [-0.4, -0.2) is 36.9 Å². The van der Waals surface area contributed by atoms with Crippen molar-refractivity contribution in [3.63, 3.8) is 0 Å². The van der Waals surface area contributed by atoms with E-state index in [0.717, 1.165) is 6.42 Å². The molecule has 0 spiro atoms. The first-order chi connectivity index (χ1) is 8.16. The molecule has 0 heterocycles. The third-order valence-corrected chi connectivity index (χ3v) is 2.44. The minimum absolute atomic E-state index is 0.0000239. The molecule has 0 amide bonds. The Balaban J connectivity index is 3.19. The molecule has 0 saturated heterocycles. The monoisotopic (exact) mass is 245 g/mol. The van der Waals surface area contributed by atoms with E-state index >= 15 is 0 Å². The largest absolute Gasteiger partial charge is 0.389 e. The maximum atomic E-state index is 9.43. The van der Waals surface area contributed by atoms with Gasteiger partial charge in [-0.15, -0.1) is 0 Å². The highest BCUT2D eigenvalue weighted by Gasteiger charge is 2.02. The van der Waals surface area contributed by atoms with Crippen LogP contribution in [0.2, 0.25) is 0 Å². The quantitative estimate of drug-likeness (QED) is 0.287. The van der Waals surface area contributed by atoms with Gasteiger partial charge in [-0.2, -0.15) is 0 Å². The van der Waals surface area contributed by atoms with Gasteiger partial charge in [-0.1, -0.05) is 39.0 Å². The van der Waals surface area contributed by atoms with Gasteiger partial charge >= 0.3 is 0 Å². The molecule has 0 bridgehead atoms. The van der Waals surface area contributed by atoms with Crippen molar-refractivity contribution >= 4 is 5.96 Å². The summed E-state index contributed by atoms with van der Waals surface area (Å²) in [6.07, 6.45) is 6.81. The van der Waals surface area contributed by atoms with Crippen LogP contribution in [0.3, 0.4) is 0 Å². The molecule has 5 nitrogen and oxygen atoms in total. The number of aliphatic hydroxyl groups is 1. The van der Waals surface area contributed by atoms with Crippen LogP contribution in [0.5, 0.6) is 0 Å². The fourth-order valence-corrected chi connectivity index (χ4v) is 1.47. The fraction of sp³-hybridized carbons (Fsp3) is 0.917. The fourth-order valence-electron chi connectivity index (χ4n) is 1.47. The first-order valence-electron chi connectivity index (χ1n) is 6.48. The van der Waals surface area contributed by atoms with Gasteiger partial charge in [0.1, 0.15) is 0 Å². The number of guanidine groups is 1. The zero-order valence-electron chi connectivity index (χ0n) is 10.9.